The fourth-order valence-electron chi connectivity index (χ4n) is 2.54. The standard InChI is InChI=1S/C21H17N3O2S/c1-14-11-19(25)24-21(18(14)12-22)27-13-15-7-9-16(10-8-15)20(26)23-17-5-3-2-4-6-17/h2-11H,13H2,1H3,(H,23,26)(H,24,25). The molecule has 0 atom stereocenters. The first-order valence-electron chi connectivity index (χ1n) is 8.29. The van der Waals surface area contributed by atoms with E-state index in [4.69, 9.17) is 0 Å². The number of carbonyl (C=O) groups excluding carboxylic acids is 1. The van der Waals surface area contributed by atoms with Crippen molar-refractivity contribution in [3.63, 3.8) is 0 Å². The number of thioether (sulfide) groups is 1. The molecular weight excluding hydrogens is 358 g/mol. The van der Waals surface area contributed by atoms with E-state index in [9.17, 15) is 14.9 Å². The van der Waals surface area contributed by atoms with Gasteiger partial charge >= 0.3 is 0 Å². The second-order valence-electron chi connectivity index (χ2n) is 5.94. The highest BCUT2D eigenvalue weighted by Crippen LogP contribution is 2.25. The van der Waals surface area contributed by atoms with Crippen molar-refractivity contribution in [1.29, 1.82) is 5.26 Å². The molecule has 1 amide bonds. The molecule has 0 aliphatic heterocycles. The number of amides is 1. The maximum atomic E-state index is 12.3. The van der Waals surface area contributed by atoms with Crippen molar-refractivity contribution in [2.75, 3.05) is 5.32 Å². The van der Waals surface area contributed by atoms with Crippen LogP contribution >= 0.6 is 11.8 Å². The summed E-state index contributed by atoms with van der Waals surface area (Å²) in [5.41, 5.74) is 3.23. The van der Waals surface area contributed by atoms with Gasteiger partial charge in [-0.1, -0.05) is 30.3 Å². The Labute approximate surface area is 161 Å². The predicted molar refractivity (Wildman–Crippen MR) is 107 cm³/mol. The molecule has 0 spiro atoms. The molecule has 5 nitrogen and oxygen atoms in total. The highest BCUT2D eigenvalue weighted by Gasteiger charge is 2.09. The lowest BCUT2D eigenvalue weighted by molar-refractivity contribution is 0.102. The number of nitrogens with one attached hydrogen (secondary N) is 2. The molecule has 0 bridgehead atoms. The van der Waals surface area contributed by atoms with Gasteiger partial charge in [0.05, 0.1) is 10.6 Å². The van der Waals surface area contributed by atoms with Crippen molar-refractivity contribution < 1.29 is 4.79 Å². The zero-order valence-corrected chi connectivity index (χ0v) is 15.5. The van der Waals surface area contributed by atoms with E-state index < -0.39 is 0 Å². The Morgan fingerprint density at radius 3 is 2.52 bits per heavy atom. The van der Waals surface area contributed by atoms with Gasteiger partial charge in [0.25, 0.3) is 5.91 Å². The average molecular weight is 375 g/mol. The summed E-state index contributed by atoms with van der Waals surface area (Å²) in [6, 6.07) is 20.1. The normalized spacial score (nSPS) is 10.2. The maximum Gasteiger partial charge on any atom is 0.255 e. The number of nitriles is 1. The number of aromatic nitrogens is 1. The van der Waals surface area contributed by atoms with Crippen molar-refractivity contribution in [3.05, 3.63) is 93.3 Å². The van der Waals surface area contributed by atoms with Gasteiger partial charge in [0, 0.05) is 23.1 Å². The van der Waals surface area contributed by atoms with E-state index in [1.165, 1.54) is 17.8 Å². The second kappa shape index (κ2) is 8.39. The molecule has 3 aromatic rings. The molecule has 134 valence electrons. The van der Waals surface area contributed by atoms with Gasteiger partial charge in [0.2, 0.25) is 5.56 Å². The van der Waals surface area contributed by atoms with Gasteiger partial charge in [0.1, 0.15) is 6.07 Å². The van der Waals surface area contributed by atoms with Crippen LogP contribution in [0.1, 0.15) is 27.0 Å². The van der Waals surface area contributed by atoms with Gasteiger partial charge in [-0.2, -0.15) is 5.26 Å². The van der Waals surface area contributed by atoms with Crippen molar-refractivity contribution in [3.8, 4) is 6.07 Å². The summed E-state index contributed by atoms with van der Waals surface area (Å²) in [6.45, 7) is 1.75. The van der Waals surface area contributed by atoms with Crippen LogP contribution in [0.2, 0.25) is 0 Å². The third kappa shape index (κ3) is 4.66. The summed E-state index contributed by atoms with van der Waals surface area (Å²) in [4.78, 5) is 26.6. The van der Waals surface area contributed by atoms with Crippen molar-refractivity contribution >= 4 is 23.4 Å². The van der Waals surface area contributed by atoms with Gasteiger partial charge in [-0.05, 0) is 42.3 Å². The number of aromatic amines is 1. The molecule has 1 heterocycles. The minimum Gasteiger partial charge on any atom is -0.322 e. The van der Waals surface area contributed by atoms with Gasteiger partial charge in [-0.3, -0.25) is 9.59 Å². The van der Waals surface area contributed by atoms with E-state index >= 15 is 0 Å². The van der Waals surface area contributed by atoms with Gasteiger partial charge in [0.15, 0.2) is 0 Å². The number of anilines is 1. The largest absolute Gasteiger partial charge is 0.322 e. The molecular formula is C21H17N3O2S. The minimum atomic E-state index is -0.220. The Hall–Kier alpha value is -3.30. The highest BCUT2D eigenvalue weighted by molar-refractivity contribution is 7.98. The van der Waals surface area contributed by atoms with Crippen LogP contribution < -0.4 is 10.9 Å². The van der Waals surface area contributed by atoms with Crippen LogP contribution in [0, 0.1) is 18.3 Å². The lowest BCUT2D eigenvalue weighted by Gasteiger charge is -2.08. The Morgan fingerprint density at radius 1 is 1.15 bits per heavy atom. The average Bonchev–Trinajstić information content (AvgIpc) is 2.67. The number of carbonyl (C=O) groups is 1. The smallest absolute Gasteiger partial charge is 0.255 e. The monoisotopic (exact) mass is 375 g/mol. The first kappa shape index (κ1) is 18.5. The first-order chi connectivity index (χ1) is 13.1. The van der Waals surface area contributed by atoms with Crippen LogP contribution in [0.15, 0.2) is 70.5 Å². The Kier molecular flexibility index (Phi) is 5.74. The third-order valence-electron chi connectivity index (χ3n) is 3.95. The summed E-state index contributed by atoms with van der Waals surface area (Å²) in [5.74, 6) is 0.407. The Morgan fingerprint density at radius 2 is 1.85 bits per heavy atom. The topological polar surface area (TPSA) is 85.8 Å². The van der Waals surface area contributed by atoms with Crippen molar-refractivity contribution in [1.82, 2.24) is 4.98 Å². The molecule has 0 aliphatic carbocycles. The molecule has 3 rings (SSSR count). The number of benzene rings is 2. The molecule has 6 heteroatoms. The van der Waals surface area contributed by atoms with E-state index in [1.54, 1.807) is 19.1 Å². The first-order valence-corrected chi connectivity index (χ1v) is 9.27. The number of aryl methyl sites for hydroxylation is 1. The van der Waals surface area contributed by atoms with E-state index in [0.29, 0.717) is 27.5 Å². The SMILES string of the molecule is Cc1cc(=O)[nH]c(SCc2ccc(C(=O)Nc3ccccc3)cc2)c1C#N. The van der Waals surface area contributed by atoms with Gasteiger partial charge < -0.3 is 10.3 Å². The summed E-state index contributed by atoms with van der Waals surface area (Å²) >= 11 is 1.39. The molecule has 0 saturated heterocycles. The lowest BCUT2D eigenvalue weighted by Crippen LogP contribution is -2.11. The van der Waals surface area contributed by atoms with E-state index in [1.807, 2.05) is 42.5 Å². The third-order valence-corrected chi connectivity index (χ3v) is 5.02. The van der Waals surface area contributed by atoms with Crippen LogP contribution in [0.5, 0.6) is 0 Å². The summed E-state index contributed by atoms with van der Waals surface area (Å²) in [5, 5.41) is 12.7. The summed E-state index contributed by atoms with van der Waals surface area (Å²) in [7, 11) is 0. The minimum absolute atomic E-state index is 0.171. The molecule has 0 aliphatic rings. The van der Waals surface area contributed by atoms with E-state index in [0.717, 1.165) is 11.3 Å². The molecule has 0 saturated carbocycles. The summed E-state index contributed by atoms with van der Waals surface area (Å²) in [6.07, 6.45) is 0. The van der Waals surface area contributed by atoms with Crippen molar-refractivity contribution in [2.24, 2.45) is 0 Å². The molecule has 27 heavy (non-hydrogen) atoms. The fourth-order valence-corrected chi connectivity index (χ4v) is 3.57. The molecule has 2 N–H and O–H groups in total. The van der Waals surface area contributed by atoms with E-state index in [2.05, 4.69) is 16.4 Å². The van der Waals surface area contributed by atoms with Gasteiger partial charge in [-0.25, -0.2) is 0 Å². The highest BCUT2D eigenvalue weighted by atomic mass is 32.2. The van der Waals surface area contributed by atoms with Gasteiger partial charge in [-0.15, -0.1) is 11.8 Å². The van der Waals surface area contributed by atoms with Crippen LogP contribution in [-0.2, 0) is 5.75 Å². The number of rotatable bonds is 5. The van der Waals surface area contributed by atoms with Crippen LogP contribution in [-0.4, -0.2) is 10.9 Å². The molecule has 0 unspecified atom stereocenters. The van der Waals surface area contributed by atoms with E-state index in [-0.39, 0.29) is 11.5 Å². The summed E-state index contributed by atoms with van der Waals surface area (Å²) < 4.78 is 0. The number of hydrogen-bond donors (Lipinski definition) is 2. The molecule has 0 radical (unpaired) electrons. The zero-order valence-electron chi connectivity index (χ0n) is 14.7. The predicted octanol–water partition coefficient (Wildman–Crippen LogP) is 4.10. The number of pyridine rings is 1. The number of nitrogens with zero attached hydrogens (tertiary/aromatic N) is 1. The number of para-hydroxylation sites is 1. The number of H-pyrrole nitrogens is 1. The Balaban J connectivity index is 1.67. The Bertz CT molecular complexity index is 1050. The molecule has 2 aromatic carbocycles. The zero-order chi connectivity index (χ0) is 19.2. The fraction of sp³-hybridized carbons (Fsp3) is 0.0952. The number of hydrogen-bond acceptors (Lipinski definition) is 4. The maximum absolute atomic E-state index is 12.3. The second-order valence-corrected chi connectivity index (χ2v) is 6.92. The molecule has 0 fully saturated rings. The lowest BCUT2D eigenvalue weighted by atomic mass is 10.1. The van der Waals surface area contributed by atoms with Crippen LogP contribution in [0.25, 0.3) is 0 Å². The quantitative estimate of drug-likeness (QED) is 0.658. The van der Waals surface area contributed by atoms with Crippen molar-refractivity contribution in [2.45, 2.75) is 17.7 Å². The van der Waals surface area contributed by atoms with Crippen LogP contribution in [0.4, 0.5) is 5.69 Å². The van der Waals surface area contributed by atoms with Crippen LogP contribution in [0.3, 0.4) is 0 Å². The molecule has 1 aromatic heterocycles.